The third kappa shape index (κ3) is 1.89. The van der Waals surface area contributed by atoms with E-state index in [4.69, 9.17) is 14.2 Å². The number of hydrogen-bond donors (Lipinski definition) is 0. The van der Waals surface area contributed by atoms with Crippen molar-refractivity contribution in [2.24, 2.45) is 0 Å². The Morgan fingerprint density at radius 2 is 1.68 bits per heavy atom. The number of carbonyl (C=O) groups is 1. The van der Waals surface area contributed by atoms with Crippen LogP contribution < -0.4 is 14.2 Å². The Bertz CT molecular complexity index is 771. The fraction of sp³-hybridized carbons (Fsp3) is 0.235. The quantitative estimate of drug-likeness (QED) is 0.626. The molecule has 112 valence electrons. The summed E-state index contributed by atoms with van der Waals surface area (Å²) in [7, 11) is 3.24. The van der Waals surface area contributed by atoms with E-state index in [1.165, 1.54) is 0 Å². The first kappa shape index (κ1) is 13.5. The number of ether oxygens (including phenoxy) is 3. The summed E-state index contributed by atoms with van der Waals surface area (Å²) in [4.78, 5) is 13.5. The first-order chi connectivity index (χ1) is 10.7. The average Bonchev–Trinajstić information content (AvgIpc) is 2.93. The van der Waals surface area contributed by atoms with Crippen molar-refractivity contribution in [3.05, 3.63) is 47.5 Å². The Morgan fingerprint density at radius 3 is 2.41 bits per heavy atom. The summed E-state index contributed by atoms with van der Waals surface area (Å²) in [6, 6.07) is 11.5. The number of carbonyl (C=O) groups excluding carboxylic acids is 1. The molecule has 2 heterocycles. The van der Waals surface area contributed by atoms with Crippen LogP contribution in [0.25, 0.3) is 0 Å². The molecule has 0 aliphatic carbocycles. The SMILES string of the molecule is COc1ccc2c(c1)OC(=O)C1c3ccc(OC)cc3SC21. The van der Waals surface area contributed by atoms with Gasteiger partial charge in [-0.1, -0.05) is 12.1 Å². The van der Waals surface area contributed by atoms with Crippen LogP contribution in [-0.2, 0) is 4.79 Å². The summed E-state index contributed by atoms with van der Waals surface area (Å²) in [5, 5.41) is 0.0456. The molecule has 2 aromatic carbocycles. The van der Waals surface area contributed by atoms with E-state index in [-0.39, 0.29) is 17.1 Å². The van der Waals surface area contributed by atoms with Crippen LogP contribution in [0.1, 0.15) is 22.3 Å². The molecule has 0 amide bonds. The van der Waals surface area contributed by atoms with Crippen LogP contribution in [0.15, 0.2) is 41.3 Å². The molecule has 2 aliphatic rings. The van der Waals surface area contributed by atoms with Crippen molar-refractivity contribution in [3.8, 4) is 17.2 Å². The highest BCUT2D eigenvalue weighted by molar-refractivity contribution is 8.00. The molecule has 0 saturated carbocycles. The Hall–Kier alpha value is -2.14. The van der Waals surface area contributed by atoms with Gasteiger partial charge < -0.3 is 14.2 Å². The van der Waals surface area contributed by atoms with Gasteiger partial charge in [0.2, 0.25) is 0 Å². The summed E-state index contributed by atoms with van der Waals surface area (Å²) in [6.45, 7) is 0. The number of thioether (sulfide) groups is 1. The van der Waals surface area contributed by atoms with Crippen LogP contribution in [0.5, 0.6) is 17.2 Å². The average molecular weight is 314 g/mol. The summed E-state index contributed by atoms with van der Waals surface area (Å²) in [5.41, 5.74) is 2.05. The zero-order valence-electron chi connectivity index (χ0n) is 12.2. The van der Waals surface area contributed by atoms with E-state index in [0.29, 0.717) is 11.5 Å². The van der Waals surface area contributed by atoms with Crippen LogP contribution in [0.4, 0.5) is 0 Å². The van der Waals surface area contributed by atoms with E-state index in [2.05, 4.69) is 0 Å². The maximum atomic E-state index is 12.4. The maximum Gasteiger partial charge on any atom is 0.320 e. The van der Waals surface area contributed by atoms with Gasteiger partial charge in [0.25, 0.3) is 0 Å². The number of fused-ring (bicyclic) bond motifs is 5. The predicted octanol–water partition coefficient (Wildman–Crippen LogP) is 3.55. The lowest BCUT2D eigenvalue weighted by Crippen LogP contribution is -2.26. The minimum absolute atomic E-state index is 0.0456. The monoisotopic (exact) mass is 314 g/mol. The third-order valence-electron chi connectivity index (χ3n) is 4.10. The van der Waals surface area contributed by atoms with E-state index in [1.807, 2.05) is 30.3 Å². The zero-order valence-corrected chi connectivity index (χ0v) is 13.0. The van der Waals surface area contributed by atoms with Gasteiger partial charge in [0, 0.05) is 16.5 Å². The fourth-order valence-electron chi connectivity index (χ4n) is 3.00. The van der Waals surface area contributed by atoms with E-state index >= 15 is 0 Å². The van der Waals surface area contributed by atoms with Crippen molar-refractivity contribution in [2.45, 2.75) is 16.1 Å². The highest BCUT2D eigenvalue weighted by atomic mass is 32.2. The molecule has 4 nitrogen and oxygen atoms in total. The van der Waals surface area contributed by atoms with E-state index in [0.717, 1.165) is 21.8 Å². The van der Waals surface area contributed by atoms with E-state index in [1.54, 1.807) is 32.0 Å². The lowest BCUT2D eigenvalue weighted by molar-refractivity contribution is -0.137. The lowest BCUT2D eigenvalue weighted by Gasteiger charge is -2.26. The van der Waals surface area contributed by atoms with Crippen molar-refractivity contribution in [2.75, 3.05) is 14.2 Å². The second kappa shape index (κ2) is 4.95. The molecule has 22 heavy (non-hydrogen) atoms. The molecule has 0 spiro atoms. The molecule has 2 atom stereocenters. The Morgan fingerprint density at radius 1 is 1.00 bits per heavy atom. The van der Waals surface area contributed by atoms with Crippen molar-refractivity contribution in [1.29, 1.82) is 0 Å². The smallest absolute Gasteiger partial charge is 0.320 e. The zero-order chi connectivity index (χ0) is 15.3. The molecule has 0 N–H and O–H groups in total. The summed E-state index contributed by atoms with van der Waals surface area (Å²) in [5.74, 6) is 1.62. The van der Waals surface area contributed by atoms with Crippen LogP contribution in [0.2, 0.25) is 0 Å². The highest BCUT2D eigenvalue weighted by Gasteiger charge is 2.45. The van der Waals surface area contributed by atoms with Gasteiger partial charge in [-0.3, -0.25) is 4.79 Å². The van der Waals surface area contributed by atoms with Crippen LogP contribution in [0.3, 0.4) is 0 Å². The Kier molecular flexibility index (Phi) is 3.04. The molecule has 2 aliphatic heterocycles. The molecule has 0 fully saturated rings. The molecule has 4 rings (SSSR count). The standard InChI is InChI=1S/C17H14O4S/c1-19-9-3-5-11-13(7-9)21-17(18)15-12-6-4-10(20-2)8-14(12)22-16(11)15/h3-8,15-16H,1-2H3. The van der Waals surface area contributed by atoms with Crippen LogP contribution >= 0.6 is 11.8 Å². The normalized spacial score (nSPS) is 21.5. The topological polar surface area (TPSA) is 44.8 Å². The molecule has 5 heteroatoms. The minimum Gasteiger partial charge on any atom is -0.497 e. The third-order valence-corrected chi connectivity index (χ3v) is 5.49. The molecule has 2 aromatic rings. The predicted molar refractivity (Wildman–Crippen MR) is 83.0 cm³/mol. The van der Waals surface area contributed by atoms with Crippen molar-refractivity contribution >= 4 is 17.7 Å². The highest BCUT2D eigenvalue weighted by Crippen LogP contribution is 2.59. The Balaban J connectivity index is 1.81. The molecule has 0 bridgehead atoms. The molecular formula is C17H14O4S. The first-order valence-electron chi connectivity index (χ1n) is 6.95. The maximum absolute atomic E-state index is 12.4. The molecule has 2 unspecified atom stereocenters. The summed E-state index contributed by atoms with van der Waals surface area (Å²) < 4.78 is 16.0. The minimum atomic E-state index is -0.258. The van der Waals surface area contributed by atoms with Gasteiger partial charge in [-0.15, -0.1) is 11.8 Å². The van der Waals surface area contributed by atoms with E-state index < -0.39 is 0 Å². The van der Waals surface area contributed by atoms with Gasteiger partial charge in [0.15, 0.2) is 0 Å². The van der Waals surface area contributed by atoms with Gasteiger partial charge in [-0.05, 0) is 23.8 Å². The fourth-order valence-corrected chi connectivity index (χ4v) is 4.50. The van der Waals surface area contributed by atoms with Crippen molar-refractivity contribution < 1.29 is 19.0 Å². The van der Waals surface area contributed by atoms with Crippen LogP contribution in [0, 0.1) is 0 Å². The summed E-state index contributed by atoms with van der Waals surface area (Å²) in [6.07, 6.45) is 0. The van der Waals surface area contributed by atoms with Gasteiger partial charge in [0.1, 0.15) is 17.2 Å². The second-order valence-corrected chi connectivity index (χ2v) is 6.43. The molecule has 0 saturated heterocycles. The number of esters is 1. The lowest BCUT2D eigenvalue weighted by atomic mass is 9.89. The second-order valence-electron chi connectivity index (χ2n) is 5.24. The molecular weight excluding hydrogens is 300 g/mol. The van der Waals surface area contributed by atoms with Crippen molar-refractivity contribution in [3.63, 3.8) is 0 Å². The first-order valence-corrected chi connectivity index (χ1v) is 7.83. The number of rotatable bonds is 2. The molecule has 0 radical (unpaired) electrons. The van der Waals surface area contributed by atoms with Crippen LogP contribution in [-0.4, -0.2) is 20.2 Å². The number of benzene rings is 2. The van der Waals surface area contributed by atoms with Gasteiger partial charge >= 0.3 is 5.97 Å². The van der Waals surface area contributed by atoms with E-state index in [9.17, 15) is 4.79 Å². The largest absolute Gasteiger partial charge is 0.497 e. The van der Waals surface area contributed by atoms with Gasteiger partial charge in [-0.2, -0.15) is 0 Å². The number of methoxy groups -OCH3 is 2. The molecule has 0 aromatic heterocycles. The van der Waals surface area contributed by atoms with Crippen molar-refractivity contribution in [1.82, 2.24) is 0 Å². The van der Waals surface area contributed by atoms with Gasteiger partial charge in [-0.25, -0.2) is 0 Å². The van der Waals surface area contributed by atoms with Gasteiger partial charge in [0.05, 0.1) is 25.4 Å². The Labute approximate surface area is 132 Å². The number of hydrogen-bond acceptors (Lipinski definition) is 5. The summed E-state index contributed by atoms with van der Waals surface area (Å²) >= 11 is 1.69.